The summed E-state index contributed by atoms with van der Waals surface area (Å²) in [6.45, 7) is 6.40. The monoisotopic (exact) mass is 329 g/mol. The molecule has 0 saturated carbocycles. The molecule has 0 atom stereocenters. The van der Waals surface area contributed by atoms with Gasteiger partial charge in [-0.1, -0.05) is 29.8 Å². The molecule has 0 bridgehead atoms. The highest BCUT2D eigenvalue weighted by Crippen LogP contribution is 2.23. The molecule has 0 fully saturated rings. The van der Waals surface area contributed by atoms with E-state index in [9.17, 15) is 9.18 Å². The summed E-state index contributed by atoms with van der Waals surface area (Å²) in [7, 11) is 1.84. The van der Waals surface area contributed by atoms with Crippen LogP contribution in [0.25, 0.3) is 0 Å². The molecular formula is C19H24FN3O. The number of halogens is 1. The van der Waals surface area contributed by atoms with E-state index in [1.807, 2.05) is 57.0 Å². The third-order valence-electron chi connectivity index (χ3n) is 3.90. The van der Waals surface area contributed by atoms with Crippen LogP contribution in [0.1, 0.15) is 25.0 Å². The number of anilines is 2. The number of aryl methyl sites for hydroxylation is 1. The normalized spacial score (nSPS) is 10.6. The van der Waals surface area contributed by atoms with Gasteiger partial charge in [0.05, 0.1) is 5.69 Å². The van der Waals surface area contributed by atoms with E-state index in [1.165, 1.54) is 6.07 Å². The molecule has 4 nitrogen and oxygen atoms in total. The molecule has 0 aromatic heterocycles. The van der Waals surface area contributed by atoms with E-state index < -0.39 is 0 Å². The first-order chi connectivity index (χ1) is 11.4. The Labute approximate surface area is 142 Å². The van der Waals surface area contributed by atoms with Crippen LogP contribution in [0.4, 0.5) is 20.6 Å². The number of hydrogen-bond donors (Lipinski definition) is 2. The number of urea groups is 1. The van der Waals surface area contributed by atoms with Crippen LogP contribution in [0.3, 0.4) is 0 Å². The Hall–Kier alpha value is -2.56. The molecule has 0 aliphatic rings. The van der Waals surface area contributed by atoms with E-state index >= 15 is 0 Å². The second kappa shape index (κ2) is 7.81. The Morgan fingerprint density at radius 1 is 1.21 bits per heavy atom. The van der Waals surface area contributed by atoms with Crippen molar-refractivity contribution in [2.24, 2.45) is 0 Å². The predicted octanol–water partition coefficient (Wildman–Crippen LogP) is 4.30. The van der Waals surface area contributed by atoms with Gasteiger partial charge in [0.2, 0.25) is 0 Å². The largest absolute Gasteiger partial charge is 0.370 e. The summed E-state index contributed by atoms with van der Waals surface area (Å²) in [5.74, 6) is -0.359. The molecule has 2 N–H and O–H groups in total. The van der Waals surface area contributed by atoms with Gasteiger partial charge in [0, 0.05) is 25.3 Å². The van der Waals surface area contributed by atoms with E-state index in [-0.39, 0.29) is 17.9 Å². The summed E-state index contributed by atoms with van der Waals surface area (Å²) >= 11 is 0. The summed E-state index contributed by atoms with van der Waals surface area (Å²) < 4.78 is 14.2. The number of carbonyl (C=O) groups excluding carboxylic acids is 1. The zero-order valence-corrected chi connectivity index (χ0v) is 14.6. The lowest BCUT2D eigenvalue weighted by molar-refractivity contribution is 0.251. The highest BCUT2D eigenvalue weighted by molar-refractivity contribution is 5.89. The zero-order chi connectivity index (χ0) is 17.7. The van der Waals surface area contributed by atoms with Crippen molar-refractivity contribution < 1.29 is 9.18 Å². The summed E-state index contributed by atoms with van der Waals surface area (Å²) in [5, 5.41) is 5.42. The molecular weight excluding hydrogens is 305 g/mol. The lowest BCUT2D eigenvalue weighted by atomic mass is 10.1. The molecule has 0 aliphatic heterocycles. The van der Waals surface area contributed by atoms with Gasteiger partial charge >= 0.3 is 6.03 Å². The zero-order valence-electron chi connectivity index (χ0n) is 14.6. The third-order valence-corrected chi connectivity index (χ3v) is 3.90. The van der Waals surface area contributed by atoms with Crippen molar-refractivity contribution in [3.63, 3.8) is 0 Å². The number of amides is 2. The quantitative estimate of drug-likeness (QED) is 0.859. The van der Waals surface area contributed by atoms with Crippen molar-refractivity contribution in [1.82, 2.24) is 5.32 Å². The van der Waals surface area contributed by atoms with Gasteiger partial charge in [-0.05, 0) is 44.5 Å². The van der Waals surface area contributed by atoms with E-state index in [4.69, 9.17) is 0 Å². The molecule has 0 heterocycles. The van der Waals surface area contributed by atoms with Crippen LogP contribution in [0.15, 0.2) is 42.5 Å². The lowest BCUT2D eigenvalue weighted by Gasteiger charge is -2.24. The summed E-state index contributed by atoms with van der Waals surface area (Å²) in [4.78, 5) is 13.8. The van der Waals surface area contributed by atoms with Crippen LogP contribution in [-0.4, -0.2) is 19.1 Å². The van der Waals surface area contributed by atoms with Gasteiger partial charge in [0.15, 0.2) is 0 Å². The Kier molecular flexibility index (Phi) is 5.79. The minimum Gasteiger partial charge on any atom is -0.370 e. The van der Waals surface area contributed by atoms with Crippen molar-refractivity contribution >= 4 is 17.4 Å². The molecule has 2 amide bonds. The first-order valence-electron chi connectivity index (χ1n) is 7.99. The highest BCUT2D eigenvalue weighted by Gasteiger charge is 2.12. The topological polar surface area (TPSA) is 44.4 Å². The van der Waals surface area contributed by atoms with Gasteiger partial charge in [-0.15, -0.1) is 0 Å². The van der Waals surface area contributed by atoms with Gasteiger partial charge in [0.25, 0.3) is 0 Å². The first-order valence-corrected chi connectivity index (χ1v) is 7.99. The number of carbonyl (C=O) groups is 1. The Morgan fingerprint density at radius 2 is 1.96 bits per heavy atom. The maximum absolute atomic E-state index is 14.2. The number of rotatable bonds is 5. The van der Waals surface area contributed by atoms with Crippen LogP contribution in [-0.2, 0) is 6.54 Å². The van der Waals surface area contributed by atoms with Crippen LogP contribution in [0.5, 0.6) is 0 Å². The van der Waals surface area contributed by atoms with Crippen LogP contribution in [0.2, 0.25) is 0 Å². The fourth-order valence-corrected chi connectivity index (χ4v) is 2.33. The van der Waals surface area contributed by atoms with Gasteiger partial charge < -0.3 is 15.5 Å². The molecule has 24 heavy (non-hydrogen) atoms. The molecule has 0 saturated heterocycles. The number of hydrogen-bond acceptors (Lipinski definition) is 2. The maximum Gasteiger partial charge on any atom is 0.319 e. The predicted molar refractivity (Wildman–Crippen MR) is 97.0 cm³/mol. The van der Waals surface area contributed by atoms with Crippen molar-refractivity contribution in [3.8, 4) is 0 Å². The summed E-state index contributed by atoms with van der Waals surface area (Å²) in [6, 6.07) is 12.4. The molecule has 2 aromatic rings. The van der Waals surface area contributed by atoms with Crippen LogP contribution >= 0.6 is 0 Å². The van der Waals surface area contributed by atoms with Crippen LogP contribution in [0, 0.1) is 12.7 Å². The molecule has 0 aliphatic carbocycles. The fraction of sp³-hybridized carbons (Fsp3) is 0.316. The average Bonchev–Trinajstić information content (AvgIpc) is 2.52. The SMILES string of the molecule is Cc1cccc(CNC(=O)Nc2ccc(N(C)C(C)C)c(F)c2)c1. The Morgan fingerprint density at radius 3 is 2.58 bits per heavy atom. The van der Waals surface area contributed by atoms with E-state index in [1.54, 1.807) is 12.1 Å². The minimum atomic E-state index is -0.360. The van der Waals surface area contributed by atoms with Crippen LogP contribution < -0.4 is 15.5 Å². The number of nitrogens with one attached hydrogen (secondary N) is 2. The molecule has 2 aromatic carbocycles. The Bertz CT molecular complexity index is 716. The molecule has 0 radical (unpaired) electrons. The average molecular weight is 329 g/mol. The van der Waals surface area contributed by atoms with Gasteiger partial charge in [-0.2, -0.15) is 0 Å². The van der Waals surface area contributed by atoms with Crippen molar-refractivity contribution in [2.75, 3.05) is 17.3 Å². The number of benzene rings is 2. The molecule has 5 heteroatoms. The first kappa shape index (κ1) is 17.8. The molecule has 2 rings (SSSR count). The highest BCUT2D eigenvalue weighted by atomic mass is 19.1. The van der Waals surface area contributed by atoms with Crippen molar-refractivity contribution in [1.29, 1.82) is 0 Å². The van der Waals surface area contributed by atoms with Gasteiger partial charge in [-0.3, -0.25) is 0 Å². The number of nitrogens with zero attached hydrogens (tertiary/aromatic N) is 1. The molecule has 0 unspecified atom stereocenters. The third kappa shape index (κ3) is 4.72. The molecule has 128 valence electrons. The van der Waals surface area contributed by atoms with E-state index in [0.29, 0.717) is 17.9 Å². The summed E-state index contributed by atoms with van der Waals surface area (Å²) in [5.41, 5.74) is 3.10. The van der Waals surface area contributed by atoms with Gasteiger partial charge in [-0.25, -0.2) is 9.18 Å². The lowest BCUT2D eigenvalue weighted by Crippen LogP contribution is -2.28. The molecule has 0 spiro atoms. The second-order valence-corrected chi connectivity index (χ2v) is 6.17. The fourth-order valence-electron chi connectivity index (χ4n) is 2.33. The second-order valence-electron chi connectivity index (χ2n) is 6.17. The van der Waals surface area contributed by atoms with E-state index in [2.05, 4.69) is 10.6 Å². The van der Waals surface area contributed by atoms with Crippen molar-refractivity contribution in [3.05, 3.63) is 59.4 Å². The Balaban J connectivity index is 1.95. The smallest absolute Gasteiger partial charge is 0.319 e. The van der Waals surface area contributed by atoms with Crippen molar-refractivity contribution in [2.45, 2.75) is 33.4 Å². The van der Waals surface area contributed by atoms with Gasteiger partial charge in [0.1, 0.15) is 5.82 Å². The maximum atomic E-state index is 14.2. The summed E-state index contributed by atoms with van der Waals surface area (Å²) in [6.07, 6.45) is 0. The standard InChI is InChI=1S/C19H24FN3O/c1-13(2)23(4)18-9-8-16(11-17(18)20)22-19(24)21-12-15-7-5-6-14(3)10-15/h5-11,13H,12H2,1-4H3,(H2,21,22,24). The van der Waals surface area contributed by atoms with E-state index in [0.717, 1.165) is 11.1 Å². The minimum absolute atomic E-state index is 0.191.